The molecule has 1 amide bonds. The number of carbonyl (C=O) groups excluding carboxylic acids is 1. The molecule has 1 aromatic rings. The van der Waals surface area contributed by atoms with E-state index in [0.717, 1.165) is 5.56 Å². The second kappa shape index (κ2) is 5.98. The maximum Gasteiger partial charge on any atom is 0.236 e. The molecule has 1 aliphatic rings. The zero-order chi connectivity index (χ0) is 13.0. The summed E-state index contributed by atoms with van der Waals surface area (Å²) in [6, 6.07) is 10.1. The maximum atomic E-state index is 11.9. The number of likely N-dealkylation sites (N-methyl/N-ethyl adjacent to an activating group) is 1. The Labute approximate surface area is 108 Å². The second-order valence-corrected chi connectivity index (χ2v) is 4.68. The highest BCUT2D eigenvalue weighted by atomic mass is 16.5. The molecule has 0 aliphatic carbocycles. The summed E-state index contributed by atoms with van der Waals surface area (Å²) in [6.07, 6.45) is 0.0560. The lowest BCUT2D eigenvalue weighted by Gasteiger charge is -2.37. The van der Waals surface area contributed by atoms with Crippen LogP contribution in [0.4, 0.5) is 0 Å². The number of amides is 1. The van der Waals surface area contributed by atoms with Crippen molar-refractivity contribution < 1.29 is 9.53 Å². The van der Waals surface area contributed by atoms with Crippen LogP contribution in [0, 0.1) is 0 Å². The van der Waals surface area contributed by atoms with Gasteiger partial charge in [-0.25, -0.2) is 0 Å². The Morgan fingerprint density at radius 3 is 2.78 bits per heavy atom. The van der Waals surface area contributed by atoms with E-state index < -0.39 is 0 Å². The first kappa shape index (κ1) is 13.1. The van der Waals surface area contributed by atoms with Gasteiger partial charge in [-0.15, -0.1) is 0 Å². The lowest BCUT2D eigenvalue weighted by atomic mass is 10.1. The number of nitrogens with one attached hydrogen (secondary N) is 1. The molecule has 0 aromatic heterocycles. The first-order valence-corrected chi connectivity index (χ1v) is 6.33. The van der Waals surface area contributed by atoms with Crippen molar-refractivity contribution in [2.24, 2.45) is 0 Å². The highest BCUT2D eigenvalue weighted by Crippen LogP contribution is 2.24. The van der Waals surface area contributed by atoms with E-state index in [-0.39, 0.29) is 18.1 Å². The fraction of sp³-hybridized carbons (Fsp3) is 0.500. The predicted octanol–water partition coefficient (Wildman–Crippen LogP) is 1.19. The molecular weight excluding hydrogens is 228 g/mol. The van der Waals surface area contributed by atoms with Crippen molar-refractivity contribution in [1.82, 2.24) is 10.2 Å². The Hall–Kier alpha value is -1.39. The third kappa shape index (κ3) is 3.09. The zero-order valence-electron chi connectivity index (χ0n) is 10.9. The van der Waals surface area contributed by atoms with Gasteiger partial charge in [0.15, 0.2) is 0 Å². The molecule has 98 valence electrons. The van der Waals surface area contributed by atoms with E-state index in [2.05, 4.69) is 5.32 Å². The normalized spacial score (nSPS) is 24.0. The molecule has 2 atom stereocenters. The molecule has 18 heavy (non-hydrogen) atoms. The molecule has 1 fully saturated rings. The third-order valence-corrected chi connectivity index (χ3v) is 3.11. The quantitative estimate of drug-likeness (QED) is 0.873. The number of morpholine rings is 1. The van der Waals surface area contributed by atoms with Crippen LogP contribution >= 0.6 is 0 Å². The number of ether oxygens (including phenoxy) is 1. The van der Waals surface area contributed by atoms with Gasteiger partial charge in [-0.3, -0.25) is 4.79 Å². The van der Waals surface area contributed by atoms with Crippen LogP contribution in [-0.4, -0.2) is 43.6 Å². The maximum absolute atomic E-state index is 11.9. The van der Waals surface area contributed by atoms with E-state index in [1.54, 1.807) is 7.05 Å². The summed E-state index contributed by atoms with van der Waals surface area (Å²) in [5.41, 5.74) is 1.13. The lowest BCUT2D eigenvalue weighted by molar-refractivity contribution is -0.143. The fourth-order valence-corrected chi connectivity index (χ4v) is 2.27. The number of carbonyl (C=O) groups is 1. The smallest absolute Gasteiger partial charge is 0.236 e. The van der Waals surface area contributed by atoms with Crippen molar-refractivity contribution >= 4 is 5.91 Å². The third-order valence-electron chi connectivity index (χ3n) is 3.11. The van der Waals surface area contributed by atoms with Gasteiger partial charge < -0.3 is 15.0 Å². The van der Waals surface area contributed by atoms with Crippen molar-refractivity contribution in [1.29, 1.82) is 0 Å². The highest BCUT2D eigenvalue weighted by Gasteiger charge is 2.28. The first-order valence-electron chi connectivity index (χ1n) is 6.33. The Balaban J connectivity index is 2.07. The van der Waals surface area contributed by atoms with Gasteiger partial charge in [0, 0.05) is 6.54 Å². The average Bonchev–Trinajstić information content (AvgIpc) is 2.39. The molecule has 1 saturated heterocycles. The molecule has 4 heteroatoms. The van der Waals surface area contributed by atoms with Crippen LogP contribution in [0.2, 0.25) is 0 Å². The van der Waals surface area contributed by atoms with Gasteiger partial charge in [-0.2, -0.15) is 0 Å². The lowest BCUT2D eigenvalue weighted by Crippen LogP contribution is -2.48. The van der Waals surface area contributed by atoms with Crippen LogP contribution in [-0.2, 0) is 9.53 Å². The van der Waals surface area contributed by atoms with Crippen molar-refractivity contribution in [3.8, 4) is 0 Å². The van der Waals surface area contributed by atoms with E-state index >= 15 is 0 Å². The summed E-state index contributed by atoms with van der Waals surface area (Å²) in [5, 5.41) is 2.90. The topological polar surface area (TPSA) is 41.6 Å². The molecule has 0 bridgehead atoms. The number of hydrogen-bond donors (Lipinski definition) is 1. The van der Waals surface area contributed by atoms with Gasteiger partial charge in [0.05, 0.1) is 19.2 Å². The molecule has 1 aromatic carbocycles. The summed E-state index contributed by atoms with van der Waals surface area (Å²) >= 11 is 0. The molecular formula is C14H20N2O2. The van der Waals surface area contributed by atoms with E-state index in [1.807, 2.05) is 42.2 Å². The highest BCUT2D eigenvalue weighted by molar-refractivity contribution is 5.78. The standard InChI is InChI=1S/C14H20N2O2/c1-11-9-16(14(17)8-15-2)10-13(18-11)12-6-4-3-5-7-12/h3-7,11,13,15H,8-10H2,1-2H3. The van der Waals surface area contributed by atoms with Crippen molar-refractivity contribution in [3.63, 3.8) is 0 Å². The molecule has 1 aliphatic heterocycles. The van der Waals surface area contributed by atoms with Gasteiger partial charge in [-0.1, -0.05) is 30.3 Å². The minimum atomic E-state index is -0.0178. The molecule has 2 rings (SSSR count). The Morgan fingerprint density at radius 2 is 2.11 bits per heavy atom. The van der Waals surface area contributed by atoms with E-state index in [0.29, 0.717) is 19.6 Å². The molecule has 0 radical (unpaired) electrons. The number of hydrogen-bond acceptors (Lipinski definition) is 3. The minimum absolute atomic E-state index is 0.0178. The van der Waals surface area contributed by atoms with Crippen LogP contribution in [0.25, 0.3) is 0 Å². The Morgan fingerprint density at radius 1 is 1.39 bits per heavy atom. The molecule has 2 unspecified atom stereocenters. The van der Waals surface area contributed by atoms with Gasteiger partial charge >= 0.3 is 0 Å². The fourth-order valence-electron chi connectivity index (χ4n) is 2.27. The summed E-state index contributed by atoms with van der Waals surface area (Å²) in [5.74, 6) is 0.133. The minimum Gasteiger partial charge on any atom is -0.367 e. The monoisotopic (exact) mass is 248 g/mol. The molecule has 0 saturated carbocycles. The summed E-state index contributed by atoms with van der Waals surface area (Å²) in [7, 11) is 1.79. The molecule has 1 N–H and O–H groups in total. The second-order valence-electron chi connectivity index (χ2n) is 4.68. The Bertz CT molecular complexity index is 394. The summed E-state index contributed by atoms with van der Waals surface area (Å²) in [4.78, 5) is 13.8. The number of nitrogens with zero attached hydrogens (tertiary/aromatic N) is 1. The van der Waals surface area contributed by atoms with Crippen LogP contribution in [0.1, 0.15) is 18.6 Å². The van der Waals surface area contributed by atoms with Crippen LogP contribution in [0.3, 0.4) is 0 Å². The van der Waals surface area contributed by atoms with Gasteiger partial charge in [0.2, 0.25) is 5.91 Å². The van der Waals surface area contributed by atoms with Crippen LogP contribution < -0.4 is 5.32 Å². The molecule has 0 spiro atoms. The molecule has 4 nitrogen and oxygen atoms in total. The Kier molecular flexibility index (Phi) is 4.33. The van der Waals surface area contributed by atoms with Gasteiger partial charge in [-0.05, 0) is 19.5 Å². The van der Waals surface area contributed by atoms with Crippen molar-refractivity contribution in [2.75, 3.05) is 26.7 Å². The van der Waals surface area contributed by atoms with Crippen LogP contribution in [0.15, 0.2) is 30.3 Å². The van der Waals surface area contributed by atoms with Crippen LogP contribution in [0.5, 0.6) is 0 Å². The number of benzene rings is 1. The van der Waals surface area contributed by atoms with E-state index in [1.165, 1.54) is 0 Å². The summed E-state index contributed by atoms with van der Waals surface area (Å²) < 4.78 is 5.92. The summed E-state index contributed by atoms with van der Waals surface area (Å²) in [6.45, 7) is 3.70. The largest absolute Gasteiger partial charge is 0.367 e. The van der Waals surface area contributed by atoms with Crippen molar-refractivity contribution in [3.05, 3.63) is 35.9 Å². The van der Waals surface area contributed by atoms with Gasteiger partial charge in [0.25, 0.3) is 0 Å². The van der Waals surface area contributed by atoms with Gasteiger partial charge in [0.1, 0.15) is 6.10 Å². The SMILES string of the molecule is CNCC(=O)N1CC(C)OC(c2ccccc2)C1. The van der Waals surface area contributed by atoms with E-state index in [9.17, 15) is 4.79 Å². The number of rotatable bonds is 3. The predicted molar refractivity (Wildman–Crippen MR) is 70.2 cm³/mol. The molecule has 1 heterocycles. The van der Waals surface area contributed by atoms with E-state index in [4.69, 9.17) is 4.74 Å². The average molecular weight is 248 g/mol. The van der Waals surface area contributed by atoms with Crippen molar-refractivity contribution in [2.45, 2.75) is 19.1 Å². The first-order chi connectivity index (χ1) is 8.70. The zero-order valence-corrected chi connectivity index (χ0v) is 10.9.